The molecule has 1 atom stereocenters. The summed E-state index contributed by atoms with van der Waals surface area (Å²) in [5.74, 6) is 2.69. The molecule has 26 heavy (non-hydrogen) atoms. The second-order valence-electron chi connectivity index (χ2n) is 7.14. The van der Waals surface area contributed by atoms with Crippen molar-refractivity contribution in [1.29, 1.82) is 5.26 Å². The maximum Gasteiger partial charge on any atom is 0.245 e. The van der Waals surface area contributed by atoms with Crippen LogP contribution in [0.5, 0.6) is 5.75 Å². The van der Waals surface area contributed by atoms with Crippen LogP contribution in [0.4, 0.5) is 0 Å². The second-order valence-corrected chi connectivity index (χ2v) is 7.14. The molecule has 4 rings (SSSR count). The molecule has 136 valence electrons. The number of ether oxygens (including phenoxy) is 1. The van der Waals surface area contributed by atoms with Gasteiger partial charge in [0.05, 0.1) is 12.7 Å². The van der Waals surface area contributed by atoms with Gasteiger partial charge in [0.15, 0.2) is 5.82 Å². The lowest BCUT2D eigenvalue weighted by molar-refractivity contribution is 0.0714. The van der Waals surface area contributed by atoms with Crippen LogP contribution in [0, 0.1) is 11.3 Å². The van der Waals surface area contributed by atoms with Crippen molar-refractivity contribution < 1.29 is 9.26 Å². The first-order chi connectivity index (χ1) is 12.7. The van der Waals surface area contributed by atoms with E-state index in [9.17, 15) is 5.26 Å². The predicted octanol–water partition coefficient (Wildman–Crippen LogP) is 2.32. The summed E-state index contributed by atoms with van der Waals surface area (Å²) in [6.45, 7) is 3.51. The normalized spacial score (nSPS) is 21.5. The zero-order valence-corrected chi connectivity index (χ0v) is 15.2. The fraction of sp³-hybridized carbons (Fsp3) is 0.526. The fourth-order valence-electron chi connectivity index (χ4n) is 3.43. The Morgan fingerprint density at radius 2 is 2.19 bits per heavy atom. The highest BCUT2D eigenvalue weighted by atomic mass is 16.5. The molecule has 7 heteroatoms. The largest absolute Gasteiger partial charge is 0.495 e. The topological polar surface area (TPSA) is 78.4 Å². The van der Waals surface area contributed by atoms with Crippen LogP contribution in [0.2, 0.25) is 0 Å². The van der Waals surface area contributed by atoms with Gasteiger partial charge in [0.1, 0.15) is 17.9 Å². The summed E-state index contributed by atoms with van der Waals surface area (Å²) in [5.41, 5.74) is 1.68. The molecule has 0 amide bonds. The lowest BCUT2D eigenvalue weighted by Gasteiger charge is -2.37. The molecule has 0 spiro atoms. The van der Waals surface area contributed by atoms with Crippen molar-refractivity contribution in [3.63, 3.8) is 0 Å². The molecule has 1 saturated heterocycles. The first-order valence-electron chi connectivity index (χ1n) is 9.01. The fourth-order valence-corrected chi connectivity index (χ4v) is 3.43. The van der Waals surface area contributed by atoms with E-state index >= 15 is 0 Å². The number of likely N-dealkylation sites (N-methyl/N-ethyl adjacent to an activating group) is 1. The highest BCUT2D eigenvalue weighted by molar-refractivity contribution is 5.45. The maximum atomic E-state index is 9.28. The van der Waals surface area contributed by atoms with Crippen LogP contribution in [-0.2, 0) is 6.54 Å². The molecule has 2 aliphatic rings. The Morgan fingerprint density at radius 1 is 1.35 bits per heavy atom. The molecule has 2 aromatic rings. The van der Waals surface area contributed by atoms with Gasteiger partial charge in [-0.2, -0.15) is 10.2 Å². The van der Waals surface area contributed by atoms with Gasteiger partial charge in [0.2, 0.25) is 5.89 Å². The Morgan fingerprint density at radius 3 is 2.92 bits per heavy atom. The van der Waals surface area contributed by atoms with Gasteiger partial charge < -0.3 is 9.26 Å². The first-order valence-corrected chi connectivity index (χ1v) is 9.01. The number of hydrogen-bond donors (Lipinski definition) is 0. The molecule has 2 heterocycles. The van der Waals surface area contributed by atoms with Crippen molar-refractivity contribution in [2.75, 3.05) is 33.8 Å². The summed E-state index contributed by atoms with van der Waals surface area (Å²) in [6, 6.07) is 8.10. The third-order valence-corrected chi connectivity index (χ3v) is 5.21. The quantitative estimate of drug-likeness (QED) is 0.816. The zero-order chi connectivity index (χ0) is 18.1. The molecular formula is C19H23N5O2. The number of rotatable bonds is 5. The minimum absolute atomic E-state index is 0.109. The van der Waals surface area contributed by atoms with E-state index in [4.69, 9.17) is 9.26 Å². The second kappa shape index (κ2) is 7.06. The van der Waals surface area contributed by atoms with Gasteiger partial charge in [0.25, 0.3) is 0 Å². The van der Waals surface area contributed by atoms with Crippen molar-refractivity contribution in [2.45, 2.75) is 31.3 Å². The summed E-state index contributed by atoms with van der Waals surface area (Å²) in [5, 5.41) is 13.4. The summed E-state index contributed by atoms with van der Waals surface area (Å²) in [4.78, 5) is 9.28. The molecule has 1 aliphatic heterocycles. The Bertz CT molecular complexity index is 824. The van der Waals surface area contributed by atoms with Crippen molar-refractivity contribution >= 4 is 0 Å². The molecular weight excluding hydrogens is 330 g/mol. The number of methoxy groups -OCH3 is 1. The van der Waals surface area contributed by atoms with E-state index in [0.29, 0.717) is 23.1 Å². The minimum Gasteiger partial charge on any atom is -0.495 e. The van der Waals surface area contributed by atoms with Crippen LogP contribution in [-0.4, -0.2) is 53.7 Å². The molecule has 1 aliphatic carbocycles. The van der Waals surface area contributed by atoms with Crippen LogP contribution < -0.4 is 4.74 Å². The van der Waals surface area contributed by atoms with Crippen LogP contribution in [0.3, 0.4) is 0 Å². The monoisotopic (exact) mass is 353 g/mol. The molecule has 0 radical (unpaired) electrons. The number of nitriles is 1. The van der Waals surface area contributed by atoms with Gasteiger partial charge in [0, 0.05) is 32.1 Å². The van der Waals surface area contributed by atoms with E-state index in [2.05, 4.69) is 33.1 Å². The Labute approximate surface area is 153 Å². The number of piperazine rings is 1. The first kappa shape index (κ1) is 17.0. The molecule has 2 fully saturated rings. The van der Waals surface area contributed by atoms with E-state index in [-0.39, 0.29) is 6.04 Å². The van der Waals surface area contributed by atoms with Gasteiger partial charge in [-0.1, -0.05) is 11.2 Å². The Kier molecular flexibility index (Phi) is 4.62. The Balaban J connectivity index is 1.46. The molecule has 1 aromatic carbocycles. The smallest absolute Gasteiger partial charge is 0.245 e. The predicted molar refractivity (Wildman–Crippen MR) is 94.6 cm³/mol. The standard InChI is InChI=1S/C19H23N5O2/c1-23-7-8-24(11-13-3-6-17(25-2)15(9-13)10-20)12-16(23)19-21-18(22-26-19)14-4-5-14/h3,6,9,14,16H,4-5,7-8,11-12H2,1-2H3. The SMILES string of the molecule is COc1ccc(CN2CCN(C)C(c3nc(C4CC4)no3)C2)cc1C#N. The highest BCUT2D eigenvalue weighted by Gasteiger charge is 2.33. The van der Waals surface area contributed by atoms with E-state index in [1.165, 1.54) is 12.8 Å². The summed E-state index contributed by atoms with van der Waals surface area (Å²) >= 11 is 0. The third-order valence-electron chi connectivity index (χ3n) is 5.21. The van der Waals surface area contributed by atoms with Gasteiger partial charge in [-0.15, -0.1) is 0 Å². The van der Waals surface area contributed by atoms with Crippen LogP contribution in [0.15, 0.2) is 22.7 Å². The number of nitrogens with zero attached hydrogens (tertiary/aromatic N) is 5. The van der Waals surface area contributed by atoms with Crippen molar-refractivity contribution in [3.05, 3.63) is 41.0 Å². The number of benzene rings is 1. The summed E-state index contributed by atoms with van der Waals surface area (Å²) in [7, 11) is 3.69. The van der Waals surface area contributed by atoms with E-state index < -0.39 is 0 Å². The average molecular weight is 353 g/mol. The molecule has 7 nitrogen and oxygen atoms in total. The van der Waals surface area contributed by atoms with E-state index in [1.54, 1.807) is 7.11 Å². The molecule has 0 bridgehead atoms. The third kappa shape index (κ3) is 3.43. The lowest BCUT2D eigenvalue weighted by atomic mass is 10.1. The van der Waals surface area contributed by atoms with Crippen molar-refractivity contribution in [2.24, 2.45) is 0 Å². The van der Waals surface area contributed by atoms with Gasteiger partial charge in [-0.3, -0.25) is 9.80 Å². The molecule has 1 saturated carbocycles. The minimum atomic E-state index is 0.109. The molecule has 1 unspecified atom stereocenters. The van der Waals surface area contributed by atoms with Crippen LogP contribution in [0.1, 0.15) is 47.6 Å². The molecule has 1 aromatic heterocycles. The van der Waals surface area contributed by atoms with Gasteiger partial charge >= 0.3 is 0 Å². The average Bonchev–Trinajstić information content (AvgIpc) is 3.40. The highest BCUT2D eigenvalue weighted by Crippen LogP contribution is 2.39. The van der Waals surface area contributed by atoms with E-state index in [1.807, 2.05) is 18.2 Å². The van der Waals surface area contributed by atoms with E-state index in [0.717, 1.165) is 37.6 Å². The van der Waals surface area contributed by atoms with Crippen molar-refractivity contribution in [3.8, 4) is 11.8 Å². The zero-order valence-electron chi connectivity index (χ0n) is 15.2. The summed E-state index contributed by atoms with van der Waals surface area (Å²) < 4.78 is 10.8. The maximum absolute atomic E-state index is 9.28. The lowest BCUT2D eigenvalue weighted by Crippen LogP contribution is -2.46. The molecule has 0 N–H and O–H groups in total. The Hall–Kier alpha value is -2.43. The van der Waals surface area contributed by atoms with Crippen LogP contribution in [0.25, 0.3) is 0 Å². The summed E-state index contributed by atoms with van der Waals surface area (Å²) in [6.07, 6.45) is 2.34. The van der Waals surface area contributed by atoms with Crippen molar-refractivity contribution in [1.82, 2.24) is 19.9 Å². The number of hydrogen-bond acceptors (Lipinski definition) is 7. The number of aromatic nitrogens is 2. The van der Waals surface area contributed by atoms with Gasteiger partial charge in [-0.25, -0.2) is 0 Å². The van der Waals surface area contributed by atoms with Gasteiger partial charge in [-0.05, 0) is 37.6 Å². The van der Waals surface area contributed by atoms with Crippen LogP contribution >= 0.6 is 0 Å².